The lowest BCUT2D eigenvalue weighted by molar-refractivity contribution is -0.109. The normalized spacial score (nSPS) is 5.78. The minimum atomic E-state index is -0.139. The zero-order chi connectivity index (χ0) is 7.15. The Labute approximate surface area is 72.7 Å². The first-order chi connectivity index (χ1) is 3.46. The van der Waals surface area contributed by atoms with E-state index in [4.69, 9.17) is 0 Å². The summed E-state index contributed by atoms with van der Waals surface area (Å²) in [5.41, 5.74) is 0. The van der Waals surface area contributed by atoms with Crippen molar-refractivity contribution in [2.24, 2.45) is 0 Å². The second kappa shape index (κ2) is 11.2. The largest absolute Gasteiger partial charge is 0.288 e. The fourth-order valence-electron chi connectivity index (χ4n) is 0. The number of thiol groups is 2. The zero-order valence-electron chi connectivity index (χ0n) is 5.21. The molecule has 0 aliphatic carbocycles. The average Bonchev–Trinajstić information content (AvgIpc) is 1.25. The summed E-state index contributed by atoms with van der Waals surface area (Å²) in [6.45, 7) is 2.78. The Morgan fingerprint density at radius 2 is 1.00 bits per heavy atom. The molecule has 0 aromatic carbocycles. The molecular weight excluding hydrogens is 176 g/mol. The fraction of sp³-hybridized carbons (Fsp3) is 0.500. The van der Waals surface area contributed by atoms with E-state index in [2.05, 4.69) is 25.3 Å². The number of rotatable bonds is 0. The van der Waals surface area contributed by atoms with Crippen molar-refractivity contribution >= 4 is 49.0 Å². The van der Waals surface area contributed by atoms with Gasteiger partial charge in [0, 0.05) is 13.8 Å². The van der Waals surface area contributed by atoms with Crippen LogP contribution in [0.3, 0.4) is 0 Å². The van der Waals surface area contributed by atoms with E-state index >= 15 is 0 Å². The lowest BCUT2D eigenvalue weighted by Gasteiger charge is -1.55. The van der Waals surface area contributed by atoms with Gasteiger partial charge in [0.25, 0.3) is 0 Å². The maximum absolute atomic E-state index is 9.31. The molecule has 2 nitrogen and oxygen atoms in total. The quantitative estimate of drug-likeness (QED) is 0.554. The molecule has 0 rings (SSSR count). The molecule has 0 aromatic heterocycles. The third-order valence-corrected chi connectivity index (χ3v) is 0. The number of hydrogen-bond donors (Lipinski definition) is 2. The molecule has 9 heavy (non-hydrogen) atoms. The SMILES string of the molecule is CC(=O)S.CC(=O)S.S. The summed E-state index contributed by atoms with van der Waals surface area (Å²) in [5.74, 6) is 0. The van der Waals surface area contributed by atoms with Crippen molar-refractivity contribution in [1.82, 2.24) is 0 Å². The molecule has 0 aliphatic rings. The standard InChI is InChI=1S/2C2H4OS.H2S/c2*1-2(3)4;/h2*1H3,(H,3,4);1H2. The molecule has 5 heteroatoms. The molecule has 0 saturated heterocycles. The maximum Gasteiger partial charge on any atom is 0.182 e. The Bertz CT molecular complexity index is 71.8. The van der Waals surface area contributed by atoms with Gasteiger partial charge in [-0.3, -0.25) is 9.59 Å². The molecule has 0 aliphatic heterocycles. The summed E-state index contributed by atoms with van der Waals surface area (Å²) in [4.78, 5) is 18.6. The summed E-state index contributed by atoms with van der Waals surface area (Å²) >= 11 is 6.65. The molecule has 0 N–H and O–H groups in total. The first-order valence-electron chi connectivity index (χ1n) is 1.86. The van der Waals surface area contributed by atoms with E-state index in [0.717, 1.165) is 0 Å². The van der Waals surface area contributed by atoms with Crippen molar-refractivity contribution < 1.29 is 9.59 Å². The van der Waals surface area contributed by atoms with Gasteiger partial charge in [0.2, 0.25) is 0 Å². The topological polar surface area (TPSA) is 34.1 Å². The van der Waals surface area contributed by atoms with Crippen molar-refractivity contribution in [3.63, 3.8) is 0 Å². The highest BCUT2D eigenvalue weighted by Crippen LogP contribution is 1.66. The molecule has 0 bridgehead atoms. The third kappa shape index (κ3) is 2250. The summed E-state index contributed by atoms with van der Waals surface area (Å²) in [6, 6.07) is 0. The summed E-state index contributed by atoms with van der Waals surface area (Å²) < 4.78 is 0. The number of carbonyl (C=O) groups is 2. The van der Waals surface area contributed by atoms with E-state index in [1.807, 2.05) is 0 Å². The number of hydrogen-bond acceptors (Lipinski definition) is 2. The Morgan fingerprint density at radius 3 is 1.00 bits per heavy atom. The molecule has 0 radical (unpaired) electrons. The second-order valence-corrected chi connectivity index (χ2v) is 2.30. The molecule has 0 spiro atoms. The van der Waals surface area contributed by atoms with E-state index in [9.17, 15) is 9.59 Å². The lowest BCUT2D eigenvalue weighted by atomic mass is 10.9. The average molecular weight is 186 g/mol. The Kier molecular flexibility index (Phi) is 20.2. The summed E-state index contributed by atoms with van der Waals surface area (Å²) in [5, 5.41) is -0.278. The van der Waals surface area contributed by atoms with Crippen LogP contribution in [0.1, 0.15) is 13.8 Å². The van der Waals surface area contributed by atoms with Crippen LogP contribution in [0.4, 0.5) is 0 Å². The highest BCUT2D eigenvalue weighted by atomic mass is 32.1. The van der Waals surface area contributed by atoms with Gasteiger partial charge in [0.05, 0.1) is 0 Å². The predicted molar refractivity (Wildman–Crippen MR) is 49.7 cm³/mol. The Hall–Kier alpha value is 0.390. The van der Waals surface area contributed by atoms with Crippen molar-refractivity contribution in [1.29, 1.82) is 0 Å². The first-order valence-corrected chi connectivity index (χ1v) is 2.75. The molecule has 0 unspecified atom stereocenters. The van der Waals surface area contributed by atoms with E-state index in [-0.39, 0.29) is 23.7 Å². The number of carbonyl (C=O) groups excluding carboxylic acids is 2. The third-order valence-electron chi connectivity index (χ3n) is 0. The van der Waals surface area contributed by atoms with Crippen LogP contribution < -0.4 is 0 Å². The maximum atomic E-state index is 9.31. The van der Waals surface area contributed by atoms with Gasteiger partial charge in [0.1, 0.15) is 0 Å². The highest BCUT2D eigenvalue weighted by Gasteiger charge is 1.64. The predicted octanol–water partition coefficient (Wildman–Crippen LogP) is 1.04. The van der Waals surface area contributed by atoms with Gasteiger partial charge in [-0.1, -0.05) is 0 Å². The van der Waals surface area contributed by atoms with Crippen molar-refractivity contribution in [2.75, 3.05) is 0 Å². The molecule has 0 heterocycles. The van der Waals surface area contributed by atoms with Crippen LogP contribution in [0.2, 0.25) is 0 Å². The van der Waals surface area contributed by atoms with Gasteiger partial charge in [-0.05, 0) is 0 Å². The van der Waals surface area contributed by atoms with Crippen LogP contribution >= 0.6 is 38.8 Å². The van der Waals surface area contributed by atoms with Gasteiger partial charge >= 0.3 is 0 Å². The van der Waals surface area contributed by atoms with Gasteiger partial charge in [-0.25, -0.2) is 0 Å². The van der Waals surface area contributed by atoms with Crippen LogP contribution in [-0.2, 0) is 9.59 Å². The van der Waals surface area contributed by atoms with Crippen molar-refractivity contribution in [3.8, 4) is 0 Å². The van der Waals surface area contributed by atoms with Crippen LogP contribution in [0.5, 0.6) is 0 Å². The monoisotopic (exact) mass is 186 g/mol. The highest BCUT2D eigenvalue weighted by molar-refractivity contribution is 7.96. The molecule has 0 fully saturated rings. The summed E-state index contributed by atoms with van der Waals surface area (Å²) in [7, 11) is 0. The molecule has 0 amide bonds. The van der Waals surface area contributed by atoms with Gasteiger partial charge in [0.15, 0.2) is 10.2 Å². The van der Waals surface area contributed by atoms with E-state index < -0.39 is 0 Å². The second-order valence-electron chi connectivity index (χ2n) is 1.04. The van der Waals surface area contributed by atoms with Crippen LogP contribution in [-0.4, -0.2) is 10.2 Å². The minimum absolute atomic E-state index is 0. The minimum Gasteiger partial charge on any atom is -0.288 e. The van der Waals surface area contributed by atoms with Gasteiger partial charge in [-0.2, -0.15) is 13.5 Å². The lowest BCUT2D eigenvalue weighted by Crippen LogP contribution is -1.62. The van der Waals surface area contributed by atoms with Gasteiger partial charge in [-0.15, -0.1) is 25.3 Å². The van der Waals surface area contributed by atoms with Crippen LogP contribution in [0, 0.1) is 0 Å². The summed E-state index contributed by atoms with van der Waals surface area (Å²) in [6.07, 6.45) is 0. The fourth-order valence-corrected chi connectivity index (χ4v) is 0. The van der Waals surface area contributed by atoms with Crippen molar-refractivity contribution in [2.45, 2.75) is 13.8 Å². The van der Waals surface area contributed by atoms with E-state index in [1.54, 1.807) is 0 Å². The molecule has 0 aromatic rings. The Morgan fingerprint density at radius 1 is 1.00 bits per heavy atom. The van der Waals surface area contributed by atoms with Crippen LogP contribution in [0.15, 0.2) is 0 Å². The van der Waals surface area contributed by atoms with E-state index in [1.165, 1.54) is 13.8 Å². The van der Waals surface area contributed by atoms with Crippen LogP contribution in [0.25, 0.3) is 0 Å². The molecule has 0 atom stereocenters. The Balaban J connectivity index is -0.0000000720. The van der Waals surface area contributed by atoms with Gasteiger partial charge < -0.3 is 0 Å². The molecule has 0 saturated carbocycles. The van der Waals surface area contributed by atoms with E-state index in [0.29, 0.717) is 0 Å². The zero-order valence-corrected chi connectivity index (χ0v) is 8.00. The molecular formula is C4H10O2S3. The smallest absolute Gasteiger partial charge is 0.182 e. The first kappa shape index (κ1) is 16.2. The van der Waals surface area contributed by atoms with Crippen molar-refractivity contribution in [3.05, 3.63) is 0 Å². The molecule has 56 valence electrons.